The SMILES string of the molecule is CN(C)Cc1cccc(OCCCN/C(=C/[N+](=O)[O-])N(CCCCN)/C(=C\[N+](=O)[O-])NCCCOc2cccc(CN(C)C)c2)c1. The van der Waals surface area contributed by atoms with Gasteiger partial charge in [-0.1, -0.05) is 24.3 Å². The number of nitrogens with one attached hydrogen (secondary N) is 2. The van der Waals surface area contributed by atoms with E-state index in [2.05, 4.69) is 20.4 Å². The quantitative estimate of drug-likeness (QED) is 0.0870. The van der Waals surface area contributed by atoms with Crippen LogP contribution in [0.3, 0.4) is 0 Å². The van der Waals surface area contributed by atoms with Crippen molar-refractivity contribution in [2.45, 2.75) is 38.8 Å². The van der Waals surface area contributed by atoms with E-state index in [0.717, 1.165) is 48.1 Å². The van der Waals surface area contributed by atoms with Gasteiger partial charge in [-0.15, -0.1) is 0 Å². The summed E-state index contributed by atoms with van der Waals surface area (Å²) in [6.45, 7) is 3.74. The molecule has 0 bridgehead atoms. The molecule has 0 saturated carbocycles. The van der Waals surface area contributed by atoms with Crippen LogP contribution in [0.4, 0.5) is 0 Å². The molecular weight excluding hydrogens is 592 g/mol. The van der Waals surface area contributed by atoms with Crippen molar-refractivity contribution >= 4 is 0 Å². The molecule has 0 aliphatic heterocycles. The molecule has 0 unspecified atom stereocenters. The minimum atomic E-state index is -0.576. The van der Waals surface area contributed by atoms with Gasteiger partial charge in [-0.2, -0.15) is 0 Å². The maximum absolute atomic E-state index is 11.6. The number of nitro groups is 2. The van der Waals surface area contributed by atoms with Crippen molar-refractivity contribution in [3.05, 3.63) is 104 Å². The van der Waals surface area contributed by atoms with Gasteiger partial charge in [0.1, 0.15) is 11.5 Å². The number of rotatable bonds is 24. The average molecular weight is 643 g/mol. The molecule has 2 aromatic rings. The third-order valence-electron chi connectivity index (χ3n) is 6.46. The molecule has 0 aliphatic carbocycles. The van der Waals surface area contributed by atoms with E-state index in [-0.39, 0.29) is 18.2 Å². The number of benzene rings is 2. The molecule has 0 radical (unpaired) electrons. The van der Waals surface area contributed by atoms with Gasteiger partial charge in [-0.05, 0) is 95.8 Å². The van der Waals surface area contributed by atoms with Crippen LogP contribution < -0.4 is 25.8 Å². The van der Waals surface area contributed by atoms with Gasteiger partial charge in [0.25, 0.3) is 12.4 Å². The Morgan fingerprint density at radius 2 is 1.22 bits per heavy atom. The van der Waals surface area contributed by atoms with Gasteiger partial charge in [-0.25, -0.2) is 0 Å². The third-order valence-corrected chi connectivity index (χ3v) is 6.46. The highest BCUT2D eigenvalue weighted by atomic mass is 16.6. The van der Waals surface area contributed by atoms with Crippen LogP contribution in [0.25, 0.3) is 0 Å². The predicted octanol–water partition coefficient (Wildman–Crippen LogP) is 3.42. The Morgan fingerprint density at radius 1 is 0.761 bits per heavy atom. The summed E-state index contributed by atoms with van der Waals surface area (Å²) in [6.07, 6.45) is 3.95. The van der Waals surface area contributed by atoms with E-state index in [1.165, 1.54) is 4.90 Å². The van der Waals surface area contributed by atoms with E-state index in [1.807, 2.05) is 76.7 Å². The molecule has 0 heterocycles. The van der Waals surface area contributed by atoms with Gasteiger partial charge in [0.15, 0.2) is 11.6 Å². The monoisotopic (exact) mass is 642 g/mol. The number of hydrogen-bond donors (Lipinski definition) is 3. The summed E-state index contributed by atoms with van der Waals surface area (Å²) >= 11 is 0. The summed E-state index contributed by atoms with van der Waals surface area (Å²) in [4.78, 5) is 27.7. The van der Waals surface area contributed by atoms with E-state index < -0.39 is 9.85 Å². The first-order valence-electron chi connectivity index (χ1n) is 15.5. The molecule has 2 aromatic carbocycles. The highest BCUT2D eigenvalue weighted by Crippen LogP contribution is 2.17. The van der Waals surface area contributed by atoms with Crippen LogP contribution in [0, 0.1) is 20.2 Å². The zero-order valence-corrected chi connectivity index (χ0v) is 27.5. The lowest BCUT2D eigenvalue weighted by Crippen LogP contribution is -2.39. The fraction of sp³-hybridized carbons (Fsp3) is 0.500. The van der Waals surface area contributed by atoms with Crippen molar-refractivity contribution in [3.63, 3.8) is 0 Å². The summed E-state index contributed by atoms with van der Waals surface area (Å²) < 4.78 is 11.8. The van der Waals surface area contributed by atoms with E-state index in [4.69, 9.17) is 15.2 Å². The number of unbranched alkanes of at least 4 members (excludes halogenated alkanes) is 1. The van der Waals surface area contributed by atoms with Crippen LogP contribution in [0.2, 0.25) is 0 Å². The minimum absolute atomic E-state index is 0.129. The Balaban J connectivity index is 2.03. The first-order chi connectivity index (χ1) is 22.1. The Kier molecular flexibility index (Phi) is 17.5. The van der Waals surface area contributed by atoms with Gasteiger partial charge in [-0.3, -0.25) is 20.2 Å². The molecule has 14 heteroatoms. The normalized spacial score (nSPS) is 11.9. The molecule has 0 atom stereocenters. The van der Waals surface area contributed by atoms with Crippen molar-refractivity contribution in [1.29, 1.82) is 0 Å². The molecule has 46 heavy (non-hydrogen) atoms. The fourth-order valence-corrected chi connectivity index (χ4v) is 4.56. The van der Waals surface area contributed by atoms with Crippen molar-refractivity contribution < 1.29 is 19.3 Å². The van der Waals surface area contributed by atoms with Crippen LogP contribution in [-0.4, -0.2) is 92.1 Å². The number of ether oxygens (including phenoxy) is 2. The first kappa shape index (κ1) is 37.8. The zero-order valence-electron chi connectivity index (χ0n) is 27.5. The topological polar surface area (TPSA) is 165 Å². The number of nitrogens with two attached hydrogens (primary N) is 1. The Labute approximate surface area is 272 Å². The first-order valence-corrected chi connectivity index (χ1v) is 15.5. The Bertz CT molecular complexity index is 1180. The standard InChI is InChI=1S/C32H50N8O6/c1-36(2)23-27-11-7-13-29(21-27)45-19-9-16-34-31(25-39(41)42)38(18-6-5-15-33)32(26-40(43)44)35-17-10-20-46-30-14-8-12-28(22-30)24-37(3)4/h7-8,11-14,21-22,25-26,34-35H,5-6,9-10,15-20,23-24,33H2,1-4H3/b31-25-,32-26-. The van der Waals surface area contributed by atoms with Crippen LogP contribution in [-0.2, 0) is 13.1 Å². The smallest absolute Gasteiger partial charge is 0.274 e. The molecule has 0 amide bonds. The minimum Gasteiger partial charge on any atom is -0.494 e. The second kappa shape index (κ2) is 21.4. The number of hydrogen-bond acceptors (Lipinski definition) is 12. The lowest BCUT2D eigenvalue weighted by Gasteiger charge is -2.28. The largest absolute Gasteiger partial charge is 0.494 e. The van der Waals surface area contributed by atoms with Gasteiger partial charge in [0, 0.05) is 32.7 Å². The number of nitrogens with zero attached hydrogens (tertiary/aromatic N) is 5. The lowest BCUT2D eigenvalue weighted by atomic mass is 10.2. The van der Waals surface area contributed by atoms with E-state index >= 15 is 0 Å². The lowest BCUT2D eigenvalue weighted by molar-refractivity contribution is -0.406. The molecule has 0 fully saturated rings. The van der Waals surface area contributed by atoms with E-state index in [0.29, 0.717) is 58.5 Å². The highest BCUT2D eigenvalue weighted by Gasteiger charge is 2.20. The predicted molar refractivity (Wildman–Crippen MR) is 179 cm³/mol. The highest BCUT2D eigenvalue weighted by molar-refractivity contribution is 5.29. The summed E-state index contributed by atoms with van der Waals surface area (Å²) in [5, 5.41) is 29.4. The van der Waals surface area contributed by atoms with Crippen LogP contribution in [0.1, 0.15) is 36.8 Å². The molecular formula is C32H50N8O6. The maximum atomic E-state index is 11.6. The van der Waals surface area contributed by atoms with E-state index in [9.17, 15) is 20.2 Å². The Morgan fingerprint density at radius 3 is 1.61 bits per heavy atom. The van der Waals surface area contributed by atoms with Crippen molar-refractivity contribution in [1.82, 2.24) is 25.3 Å². The van der Waals surface area contributed by atoms with Gasteiger partial charge in [0.2, 0.25) is 0 Å². The van der Waals surface area contributed by atoms with Crippen molar-refractivity contribution in [2.24, 2.45) is 5.73 Å². The fourth-order valence-electron chi connectivity index (χ4n) is 4.56. The molecule has 0 saturated heterocycles. The third kappa shape index (κ3) is 16.1. The molecule has 0 aromatic heterocycles. The summed E-state index contributed by atoms with van der Waals surface area (Å²) in [5.41, 5.74) is 7.95. The maximum Gasteiger partial charge on any atom is 0.274 e. The summed E-state index contributed by atoms with van der Waals surface area (Å²) in [7, 11) is 7.99. The van der Waals surface area contributed by atoms with Gasteiger partial charge in [0.05, 0.1) is 23.1 Å². The Hall–Kier alpha value is -4.40. The average Bonchev–Trinajstić information content (AvgIpc) is 2.97. The second-order valence-electron chi connectivity index (χ2n) is 11.3. The molecule has 4 N–H and O–H groups in total. The van der Waals surface area contributed by atoms with E-state index in [1.54, 1.807) is 0 Å². The van der Waals surface area contributed by atoms with Crippen molar-refractivity contribution in [2.75, 3.05) is 67.6 Å². The van der Waals surface area contributed by atoms with Crippen LogP contribution in [0.15, 0.2) is 72.6 Å². The zero-order chi connectivity index (χ0) is 33.7. The summed E-state index contributed by atoms with van der Waals surface area (Å²) in [6, 6.07) is 15.7. The second-order valence-corrected chi connectivity index (χ2v) is 11.3. The van der Waals surface area contributed by atoms with Crippen molar-refractivity contribution in [3.8, 4) is 11.5 Å². The molecule has 0 aliphatic rings. The van der Waals surface area contributed by atoms with Gasteiger partial charge >= 0.3 is 0 Å². The molecule has 0 spiro atoms. The van der Waals surface area contributed by atoms with Gasteiger partial charge < -0.3 is 40.5 Å². The van der Waals surface area contributed by atoms with Crippen LogP contribution in [0.5, 0.6) is 11.5 Å². The molecule has 14 nitrogen and oxygen atoms in total. The molecule has 2 rings (SSSR count). The molecule has 254 valence electrons. The van der Waals surface area contributed by atoms with Crippen LogP contribution >= 0.6 is 0 Å². The summed E-state index contributed by atoms with van der Waals surface area (Å²) in [5.74, 6) is 1.75.